The Morgan fingerprint density at radius 2 is 1.67 bits per heavy atom. The van der Waals surface area contributed by atoms with E-state index >= 15 is 0 Å². The van der Waals surface area contributed by atoms with Crippen LogP contribution in [0.4, 0.5) is 5.69 Å². The largest absolute Gasteiger partial charge is 0.495 e. The monoisotopic (exact) mass is 452 g/mol. The van der Waals surface area contributed by atoms with Gasteiger partial charge in [-0.05, 0) is 49.2 Å². The summed E-state index contributed by atoms with van der Waals surface area (Å²) in [6.07, 6.45) is 2.23. The molecule has 1 amide bonds. The summed E-state index contributed by atoms with van der Waals surface area (Å²) in [5.74, 6) is 0.351. The lowest BCUT2D eigenvalue weighted by Gasteiger charge is -2.21. The molecular weight excluding hydrogens is 428 g/mol. The van der Waals surface area contributed by atoms with Crippen molar-refractivity contribution in [2.45, 2.75) is 35.6 Å². The maximum absolute atomic E-state index is 12.9. The SMILES string of the molecule is COc1ccc(S(=O)(=O)NC(C)c2ccc(S(C)(=O)=O)cc2)cc1N1CCCC1=O. The van der Waals surface area contributed by atoms with Gasteiger partial charge in [0.05, 0.1) is 22.6 Å². The van der Waals surface area contributed by atoms with Crippen molar-refractivity contribution >= 4 is 31.5 Å². The zero-order valence-corrected chi connectivity index (χ0v) is 18.6. The molecule has 1 N–H and O–H groups in total. The highest BCUT2D eigenvalue weighted by atomic mass is 32.2. The van der Waals surface area contributed by atoms with E-state index in [1.54, 1.807) is 19.1 Å². The van der Waals surface area contributed by atoms with Gasteiger partial charge in [0.15, 0.2) is 9.84 Å². The summed E-state index contributed by atoms with van der Waals surface area (Å²) < 4.78 is 57.0. The summed E-state index contributed by atoms with van der Waals surface area (Å²) in [7, 11) is -5.77. The van der Waals surface area contributed by atoms with Gasteiger partial charge >= 0.3 is 0 Å². The number of ether oxygens (including phenoxy) is 1. The number of hydrogen-bond acceptors (Lipinski definition) is 6. The summed E-state index contributed by atoms with van der Waals surface area (Å²) >= 11 is 0. The Labute approximate surface area is 176 Å². The smallest absolute Gasteiger partial charge is 0.241 e. The number of sulfone groups is 1. The van der Waals surface area contributed by atoms with Crippen molar-refractivity contribution in [1.29, 1.82) is 0 Å². The van der Waals surface area contributed by atoms with Gasteiger partial charge in [0.2, 0.25) is 15.9 Å². The number of nitrogens with one attached hydrogen (secondary N) is 1. The van der Waals surface area contributed by atoms with Gasteiger partial charge in [-0.15, -0.1) is 0 Å². The summed E-state index contributed by atoms with van der Waals surface area (Å²) in [4.78, 5) is 13.8. The average Bonchev–Trinajstić information content (AvgIpc) is 3.12. The number of rotatable bonds is 7. The first-order valence-electron chi connectivity index (χ1n) is 9.33. The summed E-state index contributed by atoms with van der Waals surface area (Å²) in [5.41, 5.74) is 1.04. The minimum Gasteiger partial charge on any atom is -0.495 e. The molecule has 1 heterocycles. The third kappa shape index (κ3) is 4.66. The van der Waals surface area contributed by atoms with Crippen LogP contribution in [0, 0.1) is 0 Å². The predicted molar refractivity (Wildman–Crippen MR) is 113 cm³/mol. The van der Waals surface area contributed by atoms with Crippen molar-refractivity contribution in [3.05, 3.63) is 48.0 Å². The van der Waals surface area contributed by atoms with E-state index in [0.717, 1.165) is 6.26 Å². The Hall–Kier alpha value is -2.43. The fourth-order valence-electron chi connectivity index (χ4n) is 3.32. The molecule has 2 aromatic carbocycles. The molecule has 0 aliphatic carbocycles. The molecule has 3 rings (SSSR count). The van der Waals surface area contributed by atoms with Crippen molar-refractivity contribution in [3.8, 4) is 5.75 Å². The minimum absolute atomic E-state index is 0.0117. The molecule has 0 radical (unpaired) electrons. The number of carbonyl (C=O) groups is 1. The van der Waals surface area contributed by atoms with Gasteiger partial charge in [0.1, 0.15) is 5.75 Å². The van der Waals surface area contributed by atoms with Gasteiger partial charge in [-0.1, -0.05) is 12.1 Å². The second-order valence-corrected chi connectivity index (χ2v) is 10.9. The van der Waals surface area contributed by atoms with Crippen LogP contribution >= 0.6 is 0 Å². The van der Waals surface area contributed by atoms with Crippen LogP contribution in [0.3, 0.4) is 0 Å². The van der Waals surface area contributed by atoms with E-state index in [0.29, 0.717) is 36.4 Å². The molecule has 2 aromatic rings. The molecule has 30 heavy (non-hydrogen) atoms. The van der Waals surface area contributed by atoms with Crippen molar-refractivity contribution in [2.24, 2.45) is 0 Å². The fraction of sp³-hybridized carbons (Fsp3) is 0.350. The molecule has 1 aliphatic heterocycles. The molecule has 1 atom stereocenters. The van der Waals surface area contributed by atoms with Gasteiger partial charge in [-0.2, -0.15) is 0 Å². The predicted octanol–water partition coefficient (Wildman–Crippen LogP) is 2.27. The van der Waals surface area contributed by atoms with E-state index in [1.807, 2.05) is 0 Å². The zero-order valence-electron chi connectivity index (χ0n) is 17.0. The van der Waals surface area contributed by atoms with E-state index in [-0.39, 0.29) is 15.7 Å². The number of amides is 1. The Morgan fingerprint density at radius 1 is 1.03 bits per heavy atom. The van der Waals surface area contributed by atoms with Gasteiger partial charge in [0.25, 0.3) is 0 Å². The highest BCUT2D eigenvalue weighted by Crippen LogP contribution is 2.34. The number of methoxy groups -OCH3 is 1. The van der Waals surface area contributed by atoms with Crippen molar-refractivity contribution < 1.29 is 26.4 Å². The average molecular weight is 453 g/mol. The fourth-order valence-corrected chi connectivity index (χ4v) is 5.21. The molecular formula is C20H24N2O6S2. The Balaban J connectivity index is 1.87. The molecule has 1 aliphatic rings. The van der Waals surface area contributed by atoms with Gasteiger partial charge in [-0.25, -0.2) is 21.6 Å². The van der Waals surface area contributed by atoms with E-state index in [1.165, 1.54) is 42.3 Å². The Morgan fingerprint density at radius 3 is 2.20 bits per heavy atom. The van der Waals surface area contributed by atoms with Crippen molar-refractivity contribution in [1.82, 2.24) is 4.72 Å². The first-order chi connectivity index (χ1) is 14.0. The number of benzene rings is 2. The lowest BCUT2D eigenvalue weighted by molar-refractivity contribution is -0.117. The quantitative estimate of drug-likeness (QED) is 0.690. The molecule has 0 saturated carbocycles. The lowest BCUT2D eigenvalue weighted by Crippen LogP contribution is -2.28. The van der Waals surface area contributed by atoms with Gasteiger partial charge in [0, 0.05) is 25.3 Å². The van der Waals surface area contributed by atoms with Crippen LogP contribution in [0.5, 0.6) is 5.75 Å². The standard InChI is InChI=1S/C20H24N2O6S2/c1-14(15-6-8-16(9-7-15)29(3,24)25)21-30(26,27)17-10-11-19(28-2)18(13-17)22-12-4-5-20(22)23/h6-11,13-14,21H,4-5,12H2,1-3H3. The number of anilines is 1. The molecule has 162 valence electrons. The number of sulfonamides is 1. The topological polar surface area (TPSA) is 110 Å². The van der Waals surface area contributed by atoms with Crippen LogP contribution < -0.4 is 14.4 Å². The number of carbonyl (C=O) groups excluding carboxylic acids is 1. The zero-order chi connectivity index (χ0) is 22.1. The van der Waals surface area contributed by atoms with Crippen LogP contribution in [-0.4, -0.2) is 42.7 Å². The highest BCUT2D eigenvalue weighted by Gasteiger charge is 2.27. The second-order valence-electron chi connectivity index (χ2n) is 7.17. The second kappa shape index (κ2) is 8.37. The molecule has 0 spiro atoms. The van der Waals surface area contributed by atoms with Crippen LogP contribution in [0.15, 0.2) is 52.3 Å². The first-order valence-corrected chi connectivity index (χ1v) is 12.7. The minimum atomic E-state index is -3.90. The van der Waals surface area contributed by atoms with Crippen molar-refractivity contribution in [2.75, 3.05) is 24.8 Å². The molecule has 1 saturated heterocycles. The van der Waals surface area contributed by atoms with Crippen molar-refractivity contribution in [3.63, 3.8) is 0 Å². The maximum atomic E-state index is 12.9. The Bertz CT molecular complexity index is 1160. The third-order valence-corrected chi connectivity index (χ3v) is 7.63. The Kier molecular flexibility index (Phi) is 6.21. The lowest BCUT2D eigenvalue weighted by atomic mass is 10.1. The molecule has 0 bridgehead atoms. The van der Waals surface area contributed by atoms with Crippen LogP contribution in [0.1, 0.15) is 31.4 Å². The van der Waals surface area contributed by atoms with E-state index in [2.05, 4.69) is 4.72 Å². The van der Waals surface area contributed by atoms with Gasteiger partial charge < -0.3 is 9.64 Å². The van der Waals surface area contributed by atoms with E-state index in [9.17, 15) is 21.6 Å². The third-order valence-electron chi connectivity index (χ3n) is 4.97. The summed E-state index contributed by atoms with van der Waals surface area (Å²) in [6.45, 7) is 2.18. The number of hydrogen-bond donors (Lipinski definition) is 1. The van der Waals surface area contributed by atoms with Crippen LogP contribution in [0.2, 0.25) is 0 Å². The first kappa shape index (κ1) is 22.3. The van der Waals surface area contributed by atoms with Crippen LogP contribution in [0.25, 0.3) is 0 Å². The van der Waals surface area contributed by atoms with E-state index < -0.39 is 25.9 Å². The molecule has 10 heteroatoms. The van der Waals surface area contributed by atoms with Gasteiger partial charge in [-0.3, -0.25) is 4.79 Å². The molecule has 1 fully saturated rings. The van der Waals surface area contributed by atoms with E-state index in [4.69, 9.17) is 4.74 Å². The normalized spacial score (nSPS) is 16.0. The molecule has 0 aromatic heterocycles. The molecule has 1 unspecified atom stereocenters. The maximum Gasteiger partial charge on any atom is 0.241 e. The number of nitrogens with zero attached hydrogens (tertiary/aromatic N) is 1. The summed E-state index contributed by atoms with van der Waals surface area (Å²) in [5, 5.41) is 0. The molecule has 8 nitrogen and oxygen atoms in total. The van der Waals surface area contributed by atoms with Crippen LogP contribution in [-0.2, 0) is 24.7 Å². The highest BCUT2D eigenvalue weighted by molar-refractivity contribution is 7.90. The summed E-state index contributed by atoms with van der Waals surface area (Å²) in [6, 6.07) is 9.83.